The van der Waals surface area contributed by atoms with Gasteiger partial charge in [0, 0.05) is 5.75 Å². The van der Waals surface area contributed by atoms with Crippen molar-refractivity contribution in [3.63, 3.8) is 0 Å². The highest BCUT2D eigenvalue weighted by Gasteiger charge is 2.37. The van der Waals surface area contributed by atoms with Crippen LogP contribution in [0.25, 0.3) is 0 Å². The van der Waals surface area contributed by atoms with Gasteiger partial charge in [0.2, 0.25) is 0 Å². The van der Waals surface area contributed by atoms with Crippen molar-refractivity contribution in [1.29, 1.82) is 0 Å². The Morgan fingerprint density at radius 1 is 1.91 bits per heavy atom. The van der Waals surface area contributed by atoms with E-state index in [2.05, 4.69) is 5.92 Å². The summed E-state index contributed by atoms with van der Waals surface area (Å²) in [5.41, 5.74) is -0.293. The first-order valence-corrected chi connectivity index (χ1v) is 4.38. The van der Waals surface area contributed by atoms with Crippen molar-refractivity contribution in [2.45, 2.75) is 20.0 Å². The van der Waals surface area contributed by atoms with Gasteiger partial charge < -0.3 is 4.74 Å². The molecule has 2 unspecified atom stereocenters. The molecule has 0 saturated carbocycles. The summed E-state index contributed by atoms with van der Waals surface area (Å²) in [6, 6.07) is 0. The van der Waals surface area contributed by atoms with E-state index < -0.39 is 0 Å². The maximum absolute atomic E-state index is 10.7. The van der Waals surface area contributed by atoms with Crippen LogP contribution in [-0.4, -0.2) is 17.2 Å². The Morgan fingerprint density at radius 2 is 2.55 bits per heavy atom. The number of carbonyl (C=O) groups is 1. The summed E-state index contributed by atoms with van der Waals surface area (Å²) in [5.74, 6) is 3.31. The highest BCUT2D eigenvalue weighted by molar-refractivity contribution is 8.13. The molecular formula is C8H10O2S. The van der Waals surface area contributed by atoms with Crippen LogP contribution in [0.4, 0.5) is 4.79 Å². The van der Waals surface area contributed by atoms with Crippen LogP contribution in [0.5, 0.6) is 0 Å². The first-order valence-electron chi connectivity index (χ1n) is 3.40. The van der Waals surface area contributed by atoms with E-state index in [1.807, 2.05) is 13.8 Å². The van der Waals surface area contributed by atoms with Gasteiger partial charge >= 0.3 is 5.30 Å². The van der Waals surface area contributed by atoms with E-state index in [1.54, 1.807) is 0 Å². The molecule has 60 valence electrons. The number of thioether (sulfide) groups is 1. The van der Waals surface area contributed by atoms with Crippen molar-refractivity contribution in [3.05, 3.63) is 0 Å². The van der Waals surface area contributed by atoms with E-state index in [-0.39, 0.29) is 16.8 Å². The molecule has 3 heteroatoms. The van der Waals surface area contributed by atoms with Gasteiger partial charge in [-0.15, -0.1) is 6.42 Å². The SMILES string of the molecule is C#CC1(C)CSC(=O)OC1C. The van der Waals surface area contributed by atoms with E-state index in [1.165, 1.54) is 0 Å². The summed E-state index contributed by atoms with van der Waals surface area (Å²) in [7, 11) is 0. The molecule has 0 aromatic heterocycles. The monoisotopic (exact) mass is 170 g/mol. The van der Waals surface area contributed by atoms with E-state index >= 15 is 0 Å². The van der Waals surface area contributed by atoms with E-state index in [0.29, 0.717) is 5.75 Å². The molecule has 2 atom stereocenters. The Hall–Kier alpha value is -0.620. The number of terminal acetylenes is 1. The standard InChI is InChI=1S/C8H10O2S/c1-4-8(3)5-11-7(9)10-6(8)2/h1,6H,5H2,2-3H3. The zero-order valence-corrected chi connectivity index (χ0v) is 7.40. The molecule has 0 aromatic carbocycles. The molecule has 0 radical (unpaired) electrons. The average molecular weight is 170 g/mol. The Morgan fingerprint density at radius 3 is 3.00 bits per heavy atom. The zero-order chi connectivity index (χ0) is 8.48. The molecule has 1 fully saturated rings. The predicted molar refractivity (Wildman–Crippen MR) is 45.3 cm³/mol. The van der Waals surface area contributed by atoms with E-state index in [0.717, 1.165) is 11.8 Å². The van der Waals surface area contributed by atoms with Crippen molar-refractivity contribution < 1.29 is 9.53 Å². The number of hydrogen-bond donors (Lipinski definition) is 0. The fourth-order valence-corrected chi connectivity index (χ4v) is 1.74. The second-order valence-electron chi connectivity index (χ2n) is 2.86. The van der Waals surface area contributed by atoms with Gasteiger partial charge in [0.1, 0.15) is 6.10 Å². The number of carbonyl (C=O) groups excluding carboxylic acids is 1. The molecule has 0 spiro atoms. The highest BCUT2D eigenvalue weighted by Crippen LogP contribution is 2.34. The summed E-state index contributed by atoms with van der Waals surface area (Å²) in [5, 5.41) is -0.217. The normalized spacial score (nSPS) is 37.5. The molecule has 0 aliphatic carbocycles. The number of hydrogen-bond acceptors (Lipinski definition) is 3. The summed E-state index contributed by atoms with van der Waals surface area (Å²) >= 11 is 1.15. The van der Waals surface area contributed by atoms with E-state index in [4.69, 9.17) is 11.2 Å². The van der Waals surface area contributed by atoms with Gasteiger partial charge in [0.15, 0.2) is 0 Å². The van der Waals surface area contributed by atoms with Crippen molar-refractivity contribution in [3.8, 4) is 12.3 Å². The minimum Gasteiger partial charge on any atom is -0.453 e. The quantitative estimate of drug-likeness (QED) is 0.410. The molecule has 0 bridgehead atoms. The smallest absolute Gasteiger partial charge is 0.367 e. The number of cyclic esters (lactones) is 1. The van der Waals surface area contributed by atoms with Gasteiger partial charge in [-0.25, -0.2) is 4.79 Å². The molecule has 1 saturated heterocycles. The fourth-order valence-electron chi connectivity index (χ4n) is 0.794. The van der Waals surface area contributed by atoms with Crippen LogP contribution >= 0.6 is 11.8 Å². The summed E-state index contributed by atoms with van der Waals surface area (Å²) in [6.45, 7) is 3.76. The van der Waals surface area contributed by atoms with Gasteiger partial charge in [0.25, 0.3) is 0 Å². The second-order valence-corrected chi connectivity index (χ2v) is 3.77. The fraction of sp³-hybridized carbons (Fsp3) is 0.625. The summed E-state index contributed by atoms with van der Waals surface area (Å²) in [6.07, 6.45) is 5.15. The van der Waals surface area contributed by atoms with Crippen molar-refractivity contribution in [1.82, 2.24) is 0 Å². The Balaban J connectivity index is 2.73. The highest BCUT2D eigenvalue weighted by atomic mass is 32.2. The Kier molecular flexibility index (Phi) is 2.15. The number of ether oxygens (including phenoxy) is 1. The minimum absolute atomic E-state index is 0.166. The van der Waals surface area contributed by atoms with Gasteiger partial charge in [-0.1, -0.05) is 5.92 Å². The van der Waals surface area contributed by atoms with Gasteiger partial charge in [-0.05, 0) is 25.6 Å². The number of rotatable bonds is 0. The molecule has 0 N–H and O–H groups in total. The lowest BCUT2D eigenvalue weighted by Crippen LogP contribution is -2.38. The second kappa shape index (κ2) is 2.78. The van der Waals surface area contributed by atoms with Crippen LogP contribution < -0.4 is 0 Å². The maximum Gasteiger partial charge on any atom is 0.367 e. The third kappa shape index (κ3) is 1.51. The average Bonchev–Trinajstić information content (AvgIpc) is 1.98. The van der Waals surface area contributed by atoms with Crippen LogP contribution in [0.3, 0.4) is 0 Å². The molecular weight excluding hydrogens is 160 g/mol. The summed E-state index contributed by atoms with van der Waals surface area (Å²) in [4.78, 5) is 10.7. The van der Waals surface area contributed by atoms with Gasteiger partial charge in [-0.2, -0.15) is 0 Å². The van der Waals surface area contributed by atoms with Crippen LogP contribution in [-0.2, 0) is 4.74 Å². The zero-order valence-electron chi connectivity index (χ0n) is 6.59. The molecule has 1 heterocycles. The first-order chi connectivity index (χ1) is 5.08. The third-order valence-electron chi connectivity index (χ3n) is 1.99. The molecule has 11 heavy (non-hydrogen) atoms. The van der Waals surface area contributed by atoms with E-state index in [9.17, 15) is 4.79 Å². The third-order valence-corrected chi connectivity index (χ3v) is 3.07. The largest absolute Gasteiger partial charge is 0.453 e. The minimum atomic E-state index is -0.293. The molecule has 2 nitrogen and oxygen atoms in total. The lowest BCUT2D eigenvalue weighted by Gasteiger charge is -2.33. The van der Waals surface area contributed by atoms with Gasteiger partial charge in [0.05, 0.1) is 5.41 Å². The topological polar surface area (TPSA) is 26.3 Å². The Bertz CT molecular complexity index is 219. The van der Waals surface area contributed by atoms with Crippen molar-refractivity contribution in [2.75, 3.05) is 5.75 Å². The molecule has 0 amide bonds. The molecule has 1 rings (SSSR count). The molecule has 0 aromatic rings. The molecule has 1 aliphatic rings. The van der Waals surface area contributed by atoms with Crippen LogP contribution in [0.15, 0.2) is 0 Å². The molecule has 1 aliphatic heterocycles. The summed E-state index contributed by atoms with van der Waals surface area (Å²) < 4.78 is 4.97. The van der Waals surface area contributed by atoms with Crippen molar-refractivity contribution in [2.24, 2.45) is 5.41 Å². The van der Waals surface area contributed by atoms with Crippen LogP contribution in [0, 0.1) is 17.8 Å². The van der Waals surface area contributed by atoms with Crippen molar-refractivity contribution >= 4 is 17.1 Å². The maximum atomic E-state index is 10.7. The first kappa shape index (κ1) is 8.48. The van der Waals surface area contributed by atoms with Crippen LogP contribution in [0.2, 0.25) is 0 Å². The van der Waals surface area contributed by atoms with Crippen LogP contribution in [0.1, 0.15) is 13.8 Å². The van der Waals surface area contributed by atoms with Gasteiger partial charge in [-0.3, -0.25) is 0 Å². The lowest BCUT2D eigenvalue weighted by atomic mass is 9.88. The Labute approximate surface area is 70.7 Å². The lowest BCUT2D eigenvalue weighted by molar-refractivity contribution is 0.0751. The predicted octanol–water partition coefficient (Wildman–Crippen LogP) is 1.90.